The Labute approximate surface area is 357 Å². The summed E-state index contributed by atoms with van der Waals surface area (Å²) in [5, 5.41) is 7.67. The summed E-state index contributed by atoms with van der Waals surface area (Å²) in [6.07, 6.45) is 5.77. The Morgan fingerprint density at radius 2 is 0.918 bits per heavy atom. The lowest BCUT2D eigenvalue weighted by Crippen LogP contribution is -2.26. The zero-order valence-corrected chi connectivity index (χ0v) is 34.4. The van der Waals surface area contributed by atoms with Crippen LogP contribution in [0, 0.1) is 5.92 Å². The predicted octanol–water partition coefficient (Wildman–Crippen LogP) is 16.1. The number of hydrogen-bond donors (Lipinski definition) is 0. The maximum atomic E-state index is 2.51. The van der Waals surface area contributed by atoms with Crippen LogP contribution in [-0.2, 0) is 5.41 Å². The number of nitrogens with zero attached hydrogens (tertiary/aromatic N) is 2. The van der Waals surface area contributed by atoms with E-state index >= 15 is 0 Å². The summed E-state index contributed by atoms with van der Waals surface area (Å²) in [4.78, 5) is 2.44. The first-order valence-electron chi connectivity index (χ1n) is 21.5. The van der Waals surface area contributed by atoms with Gasteiger partial charge in [0.15, 0.2) is 0 Å². The van der Waals surface area contributed by atoms with Crippen LogP contribution in [-0.4, -0.2) is 4.57 Å². The van der Waals surface area contributed by atoms with E-state index in [4.69, 9.17) is 0 Å². The molecule has 0 bridgehead atoms. The van der Waals surface area contributed by atoms with Crippen molar-refractivity contribution < 1.29 is 0 Å². The molecule has 2 aliphatic carbocycles. The molecule has 1 unspecified atom stereocenters. The minimum atomic E-state index is -0.0858. The number of benzene rings is 9. The van der Waals surface area contributed by atoms with Crippen molar-refractivity contribution in [3.05, 3.63) is 223 Å². The zero-order chi connectivity index (χ0) is 40.7. The van der Waals surface area contributed by atoms with Crippen molar-refractivity contribution in [2.24, 2.45) is 5.92 Å². The largest absolute Gasteiger partial charge is 0.313 e. The third-order valence-electron chi connectivity index (χ3n) is 13.7. The molecule has 0 aliphatic heterocycles. The maximum Gasteiger partial charge on any atom is 0.0537 e. The van der Waals surface area contributed by atoms with Gasteiger partial charge in [-0.1, -0.05) is 172 Å². The number of hydrogen-bond acceptors (Lipinski definition) is 1. The molecular formula is C59H44N2. The average molecular weight is 781 g/mol. The second-order valence-corrected chi connectivity index (χ2v) is 17.3. The van der Waals surface area contributed by atoms with Gasteiger partial charge in [-0.2, -0.15) is 0 Å². The van der Waals surface area contributed by atoms with Crippen LogP contribution in [0.25, 0.3) is 76.9 Å². The van der Waals surface area contributed by atoms with E-state index in [1.807, 2.05) is 0 Å². The molecule has 9 aromatic carbocycles. The molecule has 1 aromatic heterocycles. The second kappa shape index (κ2) is 13.8. The van der Waals surface area contributed by atoms with E-state index in [2.05, 4.69) is 236 Å². The average Bonchev–Trinajstić information content (AvgIpc) is 3.77. The molecule has 0 saturated carbocycles. The van der Waals surface area contributed by atoms with Crippen LogP contribution in [0.15, 0.2) is 212 Å². The monoisotopic (exact) mass is 780 g/mol. The van der Waals surface area contributed by atoms with Gasteiger partial charge in [0.1, 0.15) is 0 Å². The fourth-order valence-corrected chi connectivity index (χ4v) is 10.6. The smallest absolute Gasteiger partial charge is 0.0537 e. The second-order valence-electron chi connectivity index (χ2n) is 17.3. The molecule has 0 radical (unpaired) electrons. The van der Waals surface area contributed by atoms with Gasteiger partial charge in [-0.3, -0.25) is 0 Å². The summed E-state index contributed by atoms with van der Waals surface area (Å²) in [5.41, 5.74) is 16.4. The molecule has 2 aliphatic rings. The molecule has 1 heterocycles. The van der Waals surface area contributed by atoms with Gasteiger partial charge in [0.2, 0.25) is 0 Å². The van der Waals surface area contributed by atoms with Crippen LogP contribution in [0.4, 0.5) is 17.1 Å². The molecule has 0 saturated heterocycles. The van der Waals surface area contributed by atoms with E-state index < -0.39 is 0 Å². The van der Waals surface area contributed by atoms with Crippen LogP contribution in [0.3, 0.4) is 0 Å². The zero-order valence-electron chi connectivity index (χ0n) is 34.4. The molecule has 290 valence electrons. The Morgan fingerprint density at radius 3 is 1.48 bits per heavy atom. The van der Waals surface area contributed by atoms with E-state index in [0.717, 1.165) is 23.5 Å². The van der Waals surface area contributed by atoms with Crippen LogP contribution in [0.5, 0.6) is 0 Å². The van der Waals surface area contributed by atoms with Crippen molar-refractivity contribution in [1.82, 2.24) is 4.57 Å². The van der Waals surface area contributed by atoms with Gasteiger partial charge in [0.25, 0.3) is 0 Å². The molecule has 2 nitrogen and oxygen atoms in total. The molecule has 2 heteroatoms. The molecule has 0 N–H and O–H groups in total. The van der Waals surface area contributed by atoms with Crippen molar-refractivity contribution in [2.75, 3.05) is 4.90 Å². The third kappa shape index (κ3) is 5.63. The number of anilines is 3. The molecule has 61 heavy (non-hydrogen) atoms. The van der Waals surface area contributed by atoms with Gasteiger partial charge < -0.3 is 9.47 Å². The lowest BCUT2D eigenvalue weighted by molar-refractivity contribution is 0.415. The lowest BCUT2D eigenvalue weighted by Gasteiger charge is -2.32. The number of allylic oxidation sites excluding steroid dienone is 4. The Hall–Kier alpha value is -7.42. The van der Waals surface area contributed by atoms with Gasteiger partial charge in [-0.15, -0.1) is 0 Å². The topological polar surface area (TPSA) is 8.17 Å². The molecule has 1 atom stereocenters. The van der Waals surface area contributed by atoms with Crippen molar-refractivity contribution in [3.8, 4) is 22.3 Å². The Balaban J connectivity index is 0.956. The SMILES string of the molecule is CC1(C)c2cc(N(c3ccc(-c4cccc5ccccc45)cc3)c3ccc(-c4cccc5ccccc45)cc3)ccc2C2=CC=C(n3c4ccccc4c4ccccc43)CC21. The lowest BCUT2D eigenvalue weighted by atomic mass is 9.74. The van der Waals surface area contributed by atoms with Crippen molar-refractivity contribution in [1.29, 1.82) is 0 Å². The fraction of sp³-hybridized carbons (Fsp3) is 0.0847. The van der Waals surface area contributed by atoms with Gasteiger partial charge in [-0.05, 0) is 133 Å². The highest BCUT2D eigenvalue weighted by Gasteiger charge is 2.44. The van der Waals surface area contributed by atoms with Gasteiger partial charge >= 0.3 is 0 Å². The highest BCUT2D eigenvalue weighted by Crippen LogP contribution is 2.56. The van der Waals surface area contributed by atoms with Crippen molar-refractivity contribution in [2.45, 2.75) is 25.7 Å². The van der Waals surface area contributed by atoms with E-state index in [1.54, 1.807) is 0 Å². The summed E-state index contributed by atoms with van der Waals surface area (Å²) in [6, 6.07) is 73.7. The third-order valence-corrected chi connectivity index (χ3v) is 13.7. The van der Waals surface area contributed by atoms with E-state index in [9.17, 15) is 0 Å². The summed E-state index contributed by atoms with van der Waals surface area (Å²) in [5.74, 6) is 0.353. The number of fused-ring (bicyclic) bond motifs is 8. The highest BCUT2D eigenvalue weighted by atomic mass is 15.1. The first-order valence-corrected chi connectivity index (χ1v) is 21.5. The minimum absolute atomic E-state index is 0.0858. The predicted molar refractivity (Wildman–Crippen MR) is 260 cm³/mol. The van der Waals surface area contributed by atoms with E-state index in [-0.39, 0.29) is 5.41 Å². The van der Waals surface area contributed by atoms with Gasteiger partial charge in [-0.25, -0.2) is 0 Å². The first-order chi connectivity index (χ1) is 30.0. The molecule has 12 rings (SSSR count). The van der Waals surface area contributed by atoms with Crippen molar-refractivity contribution in [3.63, 3.8) is 0 Å². The summed E-state index contributed by atoms with van der Waals surface area (Å²) >= 11 is 0. The summed E-state index contributed by atoms with van der Waals surface area (Å²) < 4.78 is 2.51. The van der Waals surface area contributed by atoms with Crippen LogP contribution in [0.2, 0.25) is 0 Å². The first kappa shape index (κ1) is 35.5. The van der Waals surface area contributed by atoms with Gasteiger partial charge in [0, 0.05) is 33.5 Å². The van der Waals surface area contributed by atoms with Crippen molar-refractivity contribution >= 4 is 71.7 Å². The van der Waals surface area contributed by atoms with Crippen LogP contribution >= 0.6 is 0 Å². The molecular weight excluding hydrogens is 737 g/mol. The standard InChI is InChI=1S/C59H44N2/c1-59(2)55-37-45(33-35-51(55)52-36-34-46(38-56(52)59)61-57-23-9-7-19-53(57)54-20-8-10-24-58(54)61)60(43-29-25-41(26-30-43)49-21-11-15-39-13-3-5-17-47(39)49)44-31-27-42(28-32-44)50-22-12-16-40-14-4-6-18-48(40)50/h3-37,56H,38H2,1-2H3. The molecule has 0 spiro atoms. The molecule has 10 aromatic rings. The molecule has 0 amide bonds. The summed E-state index contributed by atoms with van der Waals surface area (Å²) in [7, 11) is 0. The number of rotatable bonds is 6. The minimum Gasteiger partial charge on any atom is -0.313 e. The van der Waals surface area contributed by atoms with E-state index in [0.29, 0.717) is 5.92 Å². The Bertz CT molecular complexity index is 3230. The van der Waals surface area contributed by atoms with Gasteiger partial charge in [0.05, 0.1) is 11.0 Å². The number of para-hydroxylation sites is 2. The van der Waals surface area contributed by atoms with Crippen LogP contribution in [0.1, 0.15) is 31.4 Å². The normalized spacial score (nSPS) is 15.5. The maximum absolute atomic E-state index is 2.51. The Morgan fingerprint density at radius 1 is 0.443 bits per heavy atom. The molecule has 0 fully saturated rings. The Kier molecular flexibility index (Phi) is 8.05. The highest BCUT2D eigenvalue weighted by molar-refractivity contribution is 6.10. The number of aromatic nitrogens is 1. The van der Waals surface area contributed by atoms with Crippen LogP contribution < -0.4 is 4.90 Å². The van der Waals surface area contributed by atoms with E-state index in [1.165, 1.54) is 88.0 Å². The fourth-order valence-electron chi connectivity index (χ4n) is 10.6. The summed E-state index contributed by atoms with van der Waals surface area (Å²) in [6.45, 7) is 4.91. The quantitative estimate of drug-likeness (QED) is 0.163.